The smallest absolute Gasteiger partial charge is 0.255 e. The van der Waals surface area contributed by atoms with Crippen molar-refractivity contribution in [2.24, 2.45) is 0 Å². The quantitative estimate of drug-likeness (QED) is 0.653. The first-order valence-electron chi connectivity index (χ1n) is 8.19. The number of carbonyl (C=O) groups is 1. The molecule has 3 rings (SSSR count). The van der Waals surface area contributed by atoms with Gasteiger partial charge in [-0.15, -0.1) is 11.8 Å². The maximum Gasteiger partial charge on any atom is 0.255 e. The summed E-state index contributed by atoms with van der Waals surface area (Å²) in [6.45, 7) is 2.66. The minimum atomic E-state index is -0.111. The number of aryl methyl sites for hydroxylation is 1. The SMILES string of the molecule is COc1cc(SC)ccc1C(=O)NCCc1c[nH]c2ccc(C)cc12. The highest BCUT2D eigenvalue weighted by molar-refractivity contribution is 7.98. The van der Waals surface area contributed by atoms with Gasteiger partial charge in [0.2, 0.25) is 0 Å². The number of methoxy groups -OCH3 is 1. The van der Waals surface area contributed by atoms with Gasteiger partial charge in [-0.2, -0.15) is 0 Å². The first kappa shape index (κ1) is 17.4. The van der Waals surface area contributed by atoms with Crippen molar-refractivity contribution < 1.29 is 9.53 Å². The molecule has 1 aromatic heterocycles. The van der Waals surface area contributed by atoms with Crippen LogP contribution in [-0.2, 0) is 6.42 Å². The summed E-state index contributed by atoms with van der Waals surface area (Å²) >= 11 is 1.62. The second-order valence-electron chi connectivity index (χ2n) is 5.94. The van der Waals surface area contributed by atoms with Gasteiger partial charge >= 0.3 is 0 Å². The molecule has 0 aliphatic carbocycles. The van der Waals surface area contributed by atoms with Crippen LogP contribution in [-0.4, -0.2) is 30.8 Å². The average Bonchev–Trinajstić information content (AvgIpc) is 3.03. The summed E-state index contributed by atoms with van der Waals surface area (Å²) < 4.78 is 5.35. The Morgan fingerprint density at radius 3 is 2.84 bits per heavy atom. The number of aromatic nitrogens is 1. The highest BCUT2D eigenvalue weighted by atomic mass is 32.2. The zero-order chi connectivity index (χ0) is 17.8. The van der Waals surface area contributed by atoms with E-state index in [2.05, 4.69) is 35.4 Å². The molecule has 0 saturated carbocycles. The minimum absolute atomic E-state index is 0.111. The summed E-state index contributed by atoms with van der Waals surface area (Å²) in [5, 5.41) is 4.21. The third-order valence-corrected chi connectivity index (χ3v) is 4.98. The van der Waals surface area contributed by atoms with E-state index in [4.69, 9.17) is 4.74 Å². The molecule has 1 amide bonds. The van der Waals surface area contributed by atoms with Gasteiger partial charge in [-0.25, -0.2) is 0 Å². The lowest BCUT2D eigenvalue weighted by molar-refractivity contribution is 0.0951. The third kappa shape index (κ3) is 3.82. The zero-order valence-electron chi connectivity index (χ0n) is 14.7. The number of hydrogen-bond acceptors (Lipinski definition) is 3. The van der Waals surface area contributed by atoms with Crippen LogP contribution in [0.1, 0.15) is 21.5 Å². The largest absolute Gasteiger partial charge is 0.496 e. The van der Waals surface area contributed by atoms with Crippen molar-refractivity contribution in [3.05, 3.63) is 59.3 Å². The van der Waals surface area contributed by atoms with E-state index in [0.29, 0.717) is 17.9 Å². The summed E-state index contributed by atoms with van der Waals surface area (Å²) in [4.78, 5) is 16.8. The zero-order valence-corrected chi connectivity index (χ0v) is 15.5. The fraction of sp³-hybridized carbons (Fsp3) is 0.250. The van der Waals surface area contributed by atoms with Crippen LogP contribution in [0.25, 0.3) is 10.9 Å². The van der Waals surface area contributed by atoms with Crippen molar-refractivity contribution in [2.75, 3.05) is 19.9 Å². The predicted octanol–water partition coefficient (Wildman–Crippen LogP) is 4.18. The number of amides is 1. The second-order valence-corrected chi connectivity index (χ2v) is 6.81. The Kier molecular flexibility index (Phi) is 5.34. The summed E-state index contributed by atoms with van der Waals surface area (Å²) in [6, 6.07) is 12.0. The molecule has 0 aliphatic rings. The van der Waals surface area contributed by atoms with E-state index in [9.17, 15) is 4.79 Å². The van der Waals surface area contributed by atoms with Crippen LogP contribution in [0.2, 0.25) is 0 Å². The molecule has 25 heavy (non-hydrogen) atoms. The van der Waals surface area contributed by atoms with Crippen LogP contribution in [0.4, 0.5) is 0 Å². The molecule has 2 aromatic carbocycles. The number of ether oxygens (including phenoxy) is 1. The van der Waals surface area contributed by atoms with Crippen molar-refractivity contribution >= 4 is 28.6 Å². The first-order valence-corrected chi connectivity index (χ1v) is 9.41. The van der Waals surface area contributed by atoms with Gasteiger partial charge in [-0.05, 0) is 55.5 Å². The number of thioether (sulfide) groups is 1. The van der Waals surface area contributed by atoms with Crippen molar-refractivity contribution in [2.45, 2.75) is 18.2 Å². The summed E-state index contributed by atoms with van der Waals surface area (Å²) in [5.74, 6) is 0.493. The molecule has 3 aromatic rings. The number of carbonyl (C=O) groups excluding carboxylic acids is 1. The van der Waals surface area contributed by atoms with Crippen LogP contribution >= 0.6 is 11.8 Å². The topological polar surface area (TPSA) is 54.1 Å². The van der Waals surface area contributed by atoms with E-state index in [1.165, 1.54) is 16.5 Å². The summed E-state index contributed by atoms with van der Waals surface area (Å²) in [7, 11) is 1.59. The Morgan fingerprint density at radius 1 is 1.24 bits per heavy atom. The normalized spacial score (nSPS) is 10.8. The lowest BCUT2D eigenvalue weighted by Crippen LogP contribution is -2.26. The Labute approximate surface area is 152 Å². The molecule has 0 saturated heterocycles. The lowest BCUT2D eigenvalue weighted by Gasteiger charge is -2.10. The van der Waals surface area contributed by atoms with E-state index >= 15 is 0 Å². The monoisotopic (exact) mass is 354 g/mol. The maximum atomic E-state index is 12.5. The molecule has 0 spiro atoms. The molecular formula is C20H22N2O2S. The Bertz CT molecular complexity index is 902. The third-order valence-electron chi connectivity index (χ3n) is 4.26. The fourth-order valence-corrected chi connectivity index (χ4v) is 3.32. The number of fused-ring (bicyclic) bond motifs is 1. The van der Waals surface area contributed by atoms with Crippen LogP contribution in [0, 0.1) is 6.92 Å². The van der Waals surface area contributed by atoms with Crippen molar-refractivity contribution in [1.82, 2.24) is 10.3 Å². The molecule has 0 atom stereocenters. The molecule has 2 N–H and O–H groups in total. The number of H-pyrrole nitrogens is 1. The van der Waals surface area contributed by atoms with E-state index < -0.39 is 0 Å². The number of benzene rings is 2. The minimum Gasteiger partial charge on any atom is -0.496 e. The second kappa shape index (κ2) is 7.66. The Balaban J connectivity index is 1.67. The highest BCUT2D eigenvalue weighted by Crippen LogP contribution is 2.25. The van der Waals surface area contributed by atoms with Gasteiger partial charge in [0.15, 0.2) is 0 Å². The van der Waals surface area contributed by atoms with E-state index in [0.717, 1.165) is 16.8 Å². The van der Waals surface area contributed by atoms with Gasteiger partial charge < -0.3 is 15.0 Å². The molecule has 1 heterocycles. The average molecular weight is 354 g/mol. The summed E-state index contributed by atoms with van der Waals surface area (Å²) in [5.41, 5.74) is 4.14. The Hall–Kier alpha value is -2.40. The number of hydrogen-bond donors (Lipinski definition) is 2. The standard InChI is InChI=1S/C20H22N2O2S/c1-13-4-7-18-17(10-13)14(12-22-18)8-9-21-20(23)16-6-5-15(25-3)11-19(16)24-2/h4-7,10-12,22H,8-9H2,1-3H3,(H,21,23). The van der Waals surface area contributed by atoms with Gasteiger partial charge in [0.1, 0.15) is 5.75 Å². The molecule has 4 nitrogen and oxygen atoms in total. The van der Waals surface area contributed by atoms with Crippen molar-refractivity contribution in [3.8, 4) is 5.75 Å². The van der Waals surface area contributed by atoms with E-state index in [1.54, 1.807) is 18.9 Å². The van der Waals surface area contributed by atoms with Gasteiger partial charge in [0.25, 0.3) is 5.91 Å². The van der Waals surface area contributed by atoms with Gasteiger partial charge in [0.05, 0.1) is 12.7 Å². The summed E-state index contributed by atoms with van der Waals surface area (Å²) in [6.07, 6.45) is 4.79. The predicted molar refractivity (Wildman–Crippen MR) is 104 cm³/mol. The molecule has 0 bridgehead atoms. The maximum absolute atomic E-state index is 12.5. The van der Waals surface area contributed by atoms with E-state index in [1.807, 2.05) is 30.7 Å². The van der Waals surface area contributed by atoms with Gasteiger partial charge in [-0.1, -0.05) is 11.6 Å². The van der Waals surface area contributed by atoms with E-state index in [-0.39, 0.29) is 5.91 Å². The molecule has 0 aliphatic heterocycles. The molecule has 5 heteroatoms. The van der Waals surface area contributed by atoms with Crippen molar-refractivity contribution in [1.29, 1.82) is 0 Å². The van der Waals surface area contributed by atoms with Gasteiger partial charge in [0, 0.05) is 28.5 Å². The Morgan fingerprint density at radius 2 is 2.08 bits per heavy atom. The number of rotatable bonds is 6. The number of nitrogens with one attached hydrogen (secondary N) is 2. The number of aromatic amines is 1. The fourth-order valence-electron chi connectivity index (χ4n) is 2.89. The van der Waals surface area contributed by atoms with Crippen LogP contribution in [0.15, 0.2) is 47.5 Å². The molecule has 0 radical (unpaired) electrons. The first-order chi connectivity index (χ1) is 12.1. The van der Waals surface area contributed by atoms with Crippen molar-refractivity contribution in [3.63, 3.8) is 0 Å². The molecule has 0 unspecified atom stereocenters. The van der Waals surface area contributed by atoms with Crippen LogP contribution in [0.3, 0.4) is 0 Å². The lowest BCUT2D eigenvalue weighted by atomic mass is 10.1. The molecule has 0 fully saturated rings. The van der Waals surface area contributed by atoms with Crippen LogP contribution < -0.4 is 10.1 Å². The highest BCUT2D eigenvalue weighted by Gasteiger charge is 2.13. The van der Waals surface area contributed by atoms with Crippen LogP contribution in [0.5, 0.6) is 5.75 Å². The molecular weight excluding hydrogens is 332 g/mol. The van der Waals surface area contributed by atoms with Gasteiger partial charge in [-0.3, -0.25) is 4.79 Å². The molecule has 130 valence electrons.